The first-order valence-electron chi connectivity index (χ1n) is 9.51. The smallest absolute Gasteiger partial charge is 0.243 e. The maximum atomic E-state index is 12.9. The first kappa shape index (κ1) is 20.5. The lowest BCUT2D eigenvalue weighted by molar-refractivity contribution is -0.116. The lowest BCUT2D eigenvalue weighted by Gasteiger charge is -2.34. The summed E-state index contributed by atoms with van der Waals surface area (Å²) in [5.41, 5.74) is 2.62. The third kappa shape index (κ3) is 4.98. The molecule has 2 aromatic rings. The minimum absolute atomic E-state index is 0.0310. The van der Waals surface area contributed by atoms with Gasteiger partial charge in [0.15, 0.2) is 0 Å². The van der Waals surface area contributed by atoms with Gasteiger partial charge in [0.05, 0.1) is 4.90 Å². The summed E-state index contributed by atoms with van der Waals surface area (Å²) < 4.78 is 27.4. The maximum Gasteiger partial charge on any atom is 0.243 e. The molecule has 3 rings (SSSR count). The van der Waals surface area contributed by atoms with Crippen LogP contribution in [-0.2, 0) is 14.8 Å². The van der Waals surface area contributed by atoms with E-state index in [9.17, 15) is 13.2 Å². The summed E-state index contributed by atoms with van der Waals surface area (Å²) in [6.07, 6.45) is 0.388. The van der Waals surface area contributed by atoms with Crippen molar-refractivity contribution in [1.29, 1.82) is 0 Å². The number of carbonyl (C=O) groups excluding carboxylic acids is 1. The van der Waals surface area contributed by atoms with Crippen molar-refractivity contribution >= 4 is 21.6 Å². The van der Waals surface area contributed by atoms with E-state index in [0.29, 0.717) is 44.0 Å². The number of benzene rings is 2. The second kappa shape index (κ2) is 8.86. The molecule has 1 aliphatic rings. The SMILES string of the molecule is Cc1ccc(S(=O)(=O)N2CCN(CCC(=O)Nc3ccccc3)CC2)c(C)c1. The number of anilines is 1. The maximum absolute atomic E-state index is 12.9. The largest absolute Gasteiger partial charge is 0.326 e. The number of aryl methyl sites for hydroxylation is 2. The van der Waals surface area contributed by atoms with Crippen LogP contribution in [0.1, 0.15) is 17.5 Å². The molecule has 0 atom stereocenters. The summed E-state index contributed by atoms with van der Waals surface area (Å²) in [6.45, 7) is 6.55. The summed E-state index contributed by atoms with van der Waals surface area (Å²) in [5, 5.41) is 2.87. The predicted octanol–water partition coefficient (Wildman–Crippen LogP) is 2.64. The third-order valence-electron chi connectivity index (χ3n) is 4.99. The summed E-state index contributed by atoms with van der Waals surface area (Å²) in [4.78, 5) is 14.6. The monoisotopic (exact) mass is 401 g/mol. The quantitative estimate of drug-likeness (QED) is 0.808. The van der Waals surface area contributed by atoms with Gasteiger partial charge in [-0.15, -0.1) is 0 Å². The number of nitrogens with one attached hydrogen (secondary N) is 1. The van der Waals surface area contributed by atoms with Crippen LogP contribution < -0.4 is 5.32 Å². The third-order valence-corrected chi connectivity index (χ3v) is 7.05. The van der Waals surface area contributed by atoms with Crippen LogP contribution in [0.5, 0.6) is 0 Å². The molecule has 1 amide bonds. The second-order valence-electron chi connectivity index (χ2n) is 7.18. The fourth-order valence-corrected chi connectivity index (χ4v) is 5.05. The fraction of sp³-hybridized carbons (Fsp3) is 0.381. The molecule has 0 aliphatic carbocycles. The van der Waals surface area contributed by atoms with Crippen molar-refractivity contribution in [3.8, 4) is 0 Å². The molecule has 150 valence electrons. The molecule has 0 aromatic heterocycles. The Bertz CT molecular complexity index is 921. The van der Waals surface area contributed by atoms with Gasteiger partial charge in [-0.3, -0.25) is 4.79 Å². The molecular weight excluding hydrogens is 374 g/mol. The number of amides is 1. The van der Waals surface area contributed by atoms with Gasteiger partial charge in [-0.05, 0) is 37.6 Å². The summed E-state index contributed by atoms with van der Waals surface area (Å²) in [5.74, 6) is -0.0310. The van der Waals surface area contributed by atoms with E-state index in [0.717, 1.165) is 16.8 Å². The average Bonchev–Trinajstić information content (AvgIpc) is 2.67. The van der Waals surface area contributed by atoms with Gasteiger partial charge in [0.25, 0.3) is 0 Å². The number of nitrogens with zero attached hydrogens (tertiary/aromatic N) is 2. The molecule has 1 aliphatic heterocycles. The van der Waals surface area contributed by atoms with E-state index in [4.69, 9.17) is 0 Å². The number of sulfonamides is 1. The van der Waals surface area contributed by atoms with Gasteiger partial charge in [-0.25, -0.2) is 8.42 Å². The van der Waals surface area contributed by atoms with E-state index in [2.05, 4.69) is 10.2 Å². The van der Waals surface area contributed by atoms with Gasteiger partial charge in [0, 0.05) is 44.8 Å². The predicted molar refractivity (Wildman–Crippen MR) is 111 cm³/mol. The van der Waals surface area contributed by atoms with Crippen molar-refractivity contribution in [2.24, 2.45) is 0 Å². The molecule has 1 N–H and O–H groups in total. The Balaban J connectivity index is 1.50. The number of piperazine rings is 1. The molecule has 7 heteroatoms. The first-order chi connectivity index (χ1) is 13.4. The summed E-state index contributed by atoms with van der Waals surface area (Å²) >= 11 is 0. The van der Waals surface area contributed by atoms with Crippen LogP contribution in [0.3, 0.4) is 0 Å². The lowest BCUT2D eigenvalue weighted by atomic mass is 10.2. The van der Waals surface area contributed by atoms with Crippen molar-refractivity contribution < 1.29 is 13.2 Å². The van der Waals surface area contributed by atoms with Crippen LogP contribution in [-0.4, -0.2) is 56.3 Å². The average molecular weight is 402 g/mol. The minimum Gasteiger partial charge on any atom is -0.326 e. The van der Waals surface area contributed by atoms with E-state index in [1.54, 1.807) is 10.4 Å². The zero-order valence-corrected chi connectivity index (χ0v) is 17.2. The highest BCUT2D eigenvalue weighted by atomic mass is 32.2. The molecule has 1 fully saturated rings. The standard InChI is InChI=1S/C21H27N3O3S/c1-17-8-9-20(18(2)16-17)28(26,27)24-14-12-23(13-15-24)11-10-21(25)22-19-6-4-3-5-7-19/h3-9,16H,10-15H2,1-2H3,(H,22,25). The summed E-state index contributed by atoms with van der Waals surface area (Å²) in [6, 6.07) is 14.8. The van der Waals surface area contributed by atoms with Gasteiger partial charge in [-0.2, -0.15) is 4.31 Å². The molecule has 28 heavy (non-hydrogen) atoms. The first-order valence-corrected chi connectivity index (χ1v) is 10.9. The number of carbonyl (C=O) groups is 1. The number of rotatable bonds is 6. The van der Waals surface area contributed by atoms with E-state index in [1.807, 2.05) is 56.3 Å². The molecule has 2 aromatic carbocycles. The highest BCUT2D eigenvalue weighted by Gasteiger charge is 2.29. The minimum atomic E-state index is -3.48. The lowest BCUT2D eigenvalue weighted by Crippen LogP contribution is -2.49. The summed E-state index contributed by atoms with van der Waals surface area (Å²) in [7, 11) is -3.48. The molecule has 0 unspecified atom stereocenters. The van der Waals surface area contributed by atoms with Crippen molar-refractivity contribution in [3.63, 3.8) is 0 Å². The molecule has 0 spiro atoms. The number of hydrogen-bond acceptors (Lipinski definition) is 4. The van der Waals surface area contributed by atoms with Gasteiger partial charge in [0.1, 0.15) is 0 Å². The topological polar surface area (TPSA) is 69.7 Å². The fourth-order valence-electron chi connectivity index (χ4n) is 3.43. The van der Waals surface area contributed by atoms with E-state index < -0.39 is 10.0 Å². The van der Waals surface area contributed by atoms with Crippen LogP contribution in [0, 0.1) is 13.8 Å². The Morgan fingerprint density at radius 2 is 1.68 bits per heavy atom. The Labute approximate surface area is 167 Å². The van der Waals surface area contributed by atoms with E-state index in [1.165, 1.54) is 0 Å². The second-order valence-corrected chi connectivity index (χ2v) is 9.09. The molecule has 0 saturated carbocycles. The van der Waals surface area contributed by atoms with Gasteiger partial charge in [0.2, 0.25) is 15.9 Å². The van der Waals surface area contributed by atoms with Crippen molar-refractivity contribution in [1.82, 2.24) is 9.21 Å². The normalized spacial score (nSPS) is 16.1. The zero-order chi connectivity index (χ0) is 20.1. The van der Waals surface area contributed by atoms with Crippen molar-refractivity contribution in [3.05, 3.63) is 59.7 Å². The Kier molecular flexibility index (Phi) is 6.49. The number of para-hydroxylation sites is 1. The molecule has 0 bridgehead atoms. The highest BCUT2D eigenvalue weighted by Crippen LogP contribution is 2.22. The Morgan fingerprint density at radius 1 is 1.00 bits per heavy atom. The Hall–Kier alpha value is -2.22. The van der Waals surface area contributed by atoms with Crippen LogP contribution in [0.15, 0.2) is 53.4 Å². The molecule has 6 nitrogen and oxygen atoms in total. The van der Waals surface area contributed by atoms with Crippen LogP contribution in [0.4, 0.5) is 5.69 Å². The van der Waals surface area contributed by atoms with Gasteiger partial charge >= 0.3 is 0 Å². The van der Waals surface area contributed by atoms with Gasteiger partial charge < -0.3 is 10.2 Å². The van der Waals surface area contributed by atoms with E-state index in [-0.39, 0.29) is 5.91 Å². The zero-order valence-electron chi connectivity index (χ0n) is 16.4. The van der Waals surface area contributed by atoms with Crippen molar-refractivity contribution in [2.75, 3.05) is 38.0 Å². The highest BCUT2D eigenvalue weighted by molar-refractivity contribution is 7.89. The molecule has 0 radical (unpaired) electrons. The van der Waals surface area contributed by atoms with Gasteiger partial charge in [-0.1, -0.05) is 35.9 Å². The molecule has 1 saturated heterocycles. The van der Waals surface area contributed by atoms with Crippen LogP contribution in [0.25, 0.3) is 0 Å². The number of hydrogen-bond donors (Lipinski definition) is 1. The molecular formula is C21H27N3O3S. The van der Waals surface area contributed by atoms with Crippen LogP contribution in [0.2, 0.25) is 0 Å². The van der Waals surface area contributed by atoms with Crippen LogP contribution >= 0.6 is 0 Å². The van der Waals surface area contributed by atoms with E-state index >= 15 is 0 Å². The van der Waals surface area contributed by atoms with Crippen molar-refractivity contribution in [2.45, 2.75) is 25.2 Å². The molecule has 1 heterocycles. The Morgan fingerprint density at radius 3 is 2.32 bits per heavy atom.